The Bertz CT molecular complexity index is 1210. The number of aromatic nitrogens is 6. The van der Waals surface area contributed by atoms with Crippen LogP contribution in [0.2, 0.25) is 0 Å². The molecule has 0 aliphatic carbocycles. The zero-order chi connectivity index (χ0) is 20.9. The fourth-order valence-corrected chi connectivity index (χ4v) is 3.24. The summed E-state index contributed by atoms with van der Waals surface area (Å²) < 4.78 is 3.18. The zero-order valence-corrected chi connectivity index (χ0v) is 16.7. The highest BCUT2D eigenvalue weighted by atomic mass is 16.1. The molecule has 4 aromatic rings. The van der Waals surface area contributed by atoms with Crippen molar-refractivity contribution in [2.24, 2.45) is 0 Å². The van der Waals surface area contributed by atoms with Gasteiger partial charge in [-0.1, -0.05) is 6.07 Å². The van der Waals surface area contributed by atoms with Crippen LogP contribution in [0.1, 0.15) is 24.1 Å². The van der Waals surface area contributed by atoms with E-state index in [0.717, 1.165) is 16.8 Å². The Kier molecular flexibility index (Phi) is 5.65. The Morgan fingerprint density at radius 2 is 2.07 bits per heavy atom. The number of aryl methyl sites for hydroxylation is 3. The maximum atomic E-state index is 12.8. The minimum Gasteiger partial charge on any atom is -0.300 e. The molecule has 0 aliphatic rings. The molecule has 30 heavy (non-hydrogen) atoms. The fraction of sp³-hybridized carbons (Fsp3) is 0.227. The number of hydrogen-bond donors (Lipinski definition) is 1. The summed E-state index contributed by atoms with van der Waals surface area (Å²) in [5.74, 6) is 0.671. The molecule has 0 bridgehead atoms. The summed E-state index contributed by atoms with van der Waals surface area (Å²) >= 11 is 0. The van der Waals surface area contributed by atoms with Crippen LogP contribution < -0.4 is 5.56 Å². The van der Waals surface area contributed by atoms with E-state index in [-0.39, 0.29) is 11.3 Å². The molecule has 0 unspecified atom stereocenters. The number of nitrogens with one attached hydrogen (secondary N) is 1. The average molecular weight is 402 g/mol. The summed E-state index contributed by atoms with van der Waals surface area (Å²) in [5, 5.41) is 7.25. The van der Waals surface area contributed by atoms with Crippen LogP contribution in [0.25, 0.3) is 16.9 Å². The maximum Gasteiger partial charge on any atom is 0.280 e. The molecule has 0 fully saturated rings. The van der Waals surface area contributed by atoms with Crippen molar-refractivity contribution in [3.05, 3.63) is 82.9 Å². The van der Waals surface area contributed by atoms with E-state index in [1.165, 1.54) is 4.68 Å². The van der Waals surface area contributed by atoms with Gasteiger partial charge in [-0.25, -0.2) is 9.67 Å². The van der Waals surface area contributed by atoms with Gasteiger partial charge in [0.1, 0.15) is 5.78 Å². The van der Waals surface area contributed by atoms with E-state index >= 15 is 0 Å². The van der Waals surface area contributed by atoms with Gasteiger partial charge in [-0.2, -0.15) is 5.10 Å². The van der Waals surface area contributed by atoms with Crippen LogP contribution in [-0.4, -0.2) is 35.3 Å². The lowest BCUT2D eigenvalue weighted by Crippen LogP contribution is -2.17. The summed E-state index contributed by atoms with van der Waals surface area (Å²) in [6.07, 6.45) is 9.97. The molecule has 4 aromatic heterocycles. The van der Waals surface area contributed by atoms with Gasteiger partial charge in [0.25, 0.3) is 5.56 Å². The lowest BCUT2D eigenvalue weighted by molar-refractivity contribution is -0.119. The number of ketones is 1. The monoisotopic (exact) mass is 402 g/mol. The second kappa shape index (κ2) is 8.69. The number of hydrogen-bond acceptors (Lipinski definition) is 5. The Labute approximate surface area is 173 Å². The first-order valence-electron chi connectivity index (χ1n) is 9.78. The molecule has 0 aliphatic heterocycles. The Morgan fingerprint density at radius 1 is 1.17 bits per heavy atom. The van der Waals surface area contributed by atoms with E-state index in [4.69, 9.17) is 0 Å². The first kappa shape index (κ1) is 19.5. The second-order valence-corrected chi connectivity index (χ2v) is 7.10. The van der Waals surface area contributed by atoms with Crippen molar-refractivity contribution in [1.82, 2.24) is 29.5 Å². The highest BCUT2D eigenvalue weighted by Crippen LogP contribution is 2.14. The predicted octanol–water partition coefficient (Wildman–Crippen LogP) is 2.72. The molecule has 0 saturated carbocycles. The predicted molar refractivity (Wildman–Crippen MR) is 112 cm³/mol. The topological polar surface area (TPSA) is 98.5 Å². The molecule has 0 amide bonds. The van der Waals surface area contributed by atoms with E-state index in [1.54, 1.807) is 35.5 Å². The van der Waals surface area contributed by atoms with Crippen molar-refractivity contribution < 1.29 is 4.79 Å². The van der Waals surface area contributed by atoms with Gasteiger partial charge in [0, 0.05) is 55.9 Å². The third-order valence-electron chi connectivity index (χ3n) is 4.87. The molecule has 0 saturated heterocycles. The van der Waals surface area contributed by atoms with Crippen LogP contribution in [0.3, 0.4) is 0 Å². The van der Waals surface area contributed by atoms with Crippen molar-refractivity contribution in [2.45, 2.75) is 32.7 Å². The van der Waals surface area contributed by atoms with Crippen LogP contribution in [0.5, 0.6) is 0 Å². The lowest BCUT2D eigenvalue weighted by Gasteiger charge is -2.05. The Hall–Kier alpha value is -3.81. The Morgan fingerprint density at radius 3 is 2.83 bits per heavy atom. The normalized spacial score (nSPS) is 11.0. The van der Waals surface area contributed by atoms with E-state index in [0.29, 0.717) is 37.2 Å². The molecule has 0 spiro atoms. The molecule has 8 nitrogen and oxygen atoms in total. The molecular formula is C22H22N6O2. The number of aromatic amines is 1. The molecule has 1 N–H and O–H groups in total. The van der Waals surface area contributed by atoms with Gasteiger partial charge in [-0.05, 0) is 43.2 Å². The standard InChI is InChI=1S/C22H22N6O2/c1-16-7-11-27(26-16)12-8-19(29)5-4-17-6-10-24-21(13-17)28-22(30)20(15-25-28)18-3-2-9-23-14-18/h2-3,6-7,9-11,13-15,25H,4-5,8,12H2,1H3. The minimum absolute atomic E-state index is 0.178. The van der Waals surface area contributed by atoms with Crippen molar-refractivity contribution in [2.75, 3.05) is 0 Å². The van der Waals surface area contributed by atoms with Crippen molar-refractivity contribution in [3.63, 3.8) is 0 Å². The summed E-state index contributed by atoms with van der Waals surface area (Å²) in [7, 11) is 0. The van der Waals surface area contributed by atoms with E-state index < -0.39 is 0 Å². The van der Waals surface area contributed by atoms with Crippen LogP contribution in [-0.2, 0) is 17.8 Å². The molecular weight excluding hydrogens is 380 g/mol. The Balaban J connectivity index is 1.41. The number of carbonyl (C=O) groups is 1. The maximum absolute atomic E-state index is 12.8. The number of carbonyl (C=O) groups excluding carboxylic acids is 1. The highest BCUT2D eigenvalue weighted by molar-refractivity contribution is 5.78. The summed E-state index contributed by atoms with van der Waals surface area (Å²) in [4.78, 5) is 33.4. The highest BCUT2D eigenvalue weighted by Gasteiger charge is 2.12. The van der Waals surface area contributed by atoms with Gasteiger partial charge >= 0.3 is 0 Å². The number of H-pyrrole nitrogens is 1. The zero-order valence-electron chi connectivity index (χ0n) is 16.7. The van der Waals surface area contributed by atoms with Gasteiger partial charge in [-0.3, -0.25) is 24.4 Å². The third-order valence-corrected chi connectivity index (χ3v) is 4.87. The smallest absolute Gasteiger partial charge is 0.280 e. The van der Waals surface area contributed by atoms with Gasteiger partial charge < -0.3 is 0 Å². The van der Waals surface area contributed by atoms with Crippen LogP contribution >= 0.6 is 0 Å². The van der Waals surface area contributed by atoms with Gasteiger partial charge in [-0.15, -0.1) is 0 Å². The fourth-order valence-electron chi connectivity index (χ4n) is 3.24. The number of Topliss-reactive ketones (excluding diaryl/α,β-unsaturated/α-hetero) is 1. The molecule has 0 radical (unpaired) electrons. The number of rotatable bonds is 8. The van der Waals surface area contributed by atoms with E-state index in [2.05, 4.69) is 20.2 Å². The quantitative estimate of drug-likeness (QED) is 0.489. The second-order valence-electron chi connectivity index (χ2n) is 7.10. The molecule has 0 atom stereocenters. The molecule has 4 heterocycles. The van der Waals surface area contributed by atoms with Gasteiger partial charge in [0.05, 0.1) is 11.3 Å². The van der Waals surface area contributed by atoms with Crippen LogP contribution in [0.15, 0.2) is 66.1 Å². The van der Waals surface area contributed by atoms with Gasteiger partial charge in [0.15, 0.2) is 5.82 Å². The first-order chi connectivity index (χ1) is 14.6. The van der Waals surface area contributed by atoms with Crippen LogP contribution in [0, 0.1) is 6.92 Å². The molecule has 0 aromatic carbocycles. The third kappa shape index (κ3) is 4.43. The largest absolute Gasteiger partial charge is 0.300 e. The van der Waals surface area contributed by atoms with E-state index in [1.807, 2.05) is 37.4 Å². The van der Waals surface area contributed by atoms with Gasteiger partial charge in [0.2, 0.25) is 0 Å². The van der Waals surface area contributed by atoms with Crippen molar-refractivity contribution in [1.29, 1.82) is 0 Å². The first-order valence-corrected chi connectivity index (χ1v) is 9.78. The molecule has 152 valence electrons. The number of nitrogens with zero attached hydrogens (tertiary/aromatic N) is 5. The lowest BCUT2D eigenvalue weighted by atomic mass is 10.1. The van der Waals surface area contributed by atoms with Crippen LogP contribution in [0.4, 0.5) is 0 Å². The van der Waals surface area contributed by atoms with Crippen molar-refractivity contribution in [3.8, 4) is 16.9 Å². The number of pyridine rings is 2. The van der Waals surface area contributed by atoms with E-state index in [9.17, 15) is 9.59 Å². The summed E-state index contributed by atoms with van der Waals surface area (Å²) in [5.41, 5.74) is 2.97. The molecule has 8 heteroatoms. The van der Waals surface area contributed by atoms with Crippen molar-refractivity contribution >= 4 is 5.78 Å². The summed E-state index contributed by atoms with van der Waals surface area (Å²) in [6, 6.07) is 9.24. The average Bonchev–Trinajstić information content (AvgIpc) is 3.37. The minimum atomic E-state index is -0.196. The summed E-state index contributed by atoms with van der Waals surface area (Å²) in [6.45, 7) is 2.51. The SMILES string of the molecule is Cc1ccn(CCC(=O)CCc2ccnc(-n3[nH]cc(-c4cccnc4)c3=O)c2)n1. The molecule has 4 rings (SSSR count).